The van der Waals surface area contributed by atoms with Crippen molar-refractivity contribution in [2.24, 2.45) is 78.8 Å². The summed E-state index contributed by atoms with van der Waals surface area (Å²) in [7, 11) is 0. The minimum absolute atomic E-state index is 0.0465. The molecule has 0 saturated heterocycles. The molecule has 0 bridgehead atoms. The molecule has 62 heavy (non-hydrogen) atoms. The zero-order valence-electron chi connectivity index (χ0n) is 43.8. The molecule has 0 aliphatic heterocycles. The first-order valence-corrected chi connectivity index (χ1v) is 26.8. The van der Waals surface area contributed by atoms with Crippen molar-refractivity contribution in [2.75, 3.05) is 0 Å². The summed E-state index contributed by atoms with van der Waals surface area (Å²) in [5.41, 5.74) is 12.8. The molecule has 4 fully saturated rings. The maximum atomic E-state index is 10.8. The summed E-state index contributed by atoms with van der Waals surface area (Å²) in [5.74, 6) is 4.64. The van der Waals surface area contributed by atoms with Crippen LogP contribution in [0.2, 0.25) is 0 Å². The number of hydrogen-bond donors (Lipinski definition) is 2. The van der Waals surface area contributed by atoms with E-state index in [4.69, 9.17) is 0 Å². The quantitative estimate of drug-likeness (QED) is 0.239. The van der Waals surface area contributed by atoms with Crippen LogP contribution in [0.5, 0.6) is 0 Å². The predicted octanol–water partition coefficient (Wildman–Crippen LogP) is 17.0. The lowest BCUT2D eigenvalue weighted by atomic mass is 9.43. The zero-order chi connectivity index (χ0) is 45.6. The van der Waals surface area contributed by atoms with Gasteiger partial charge < -0.3 is 10.2 Å². The van der Waals surface area contributed by atoms with Crippen molar-refractivity contribution in [1.29, 1.82) is 0 Å². The van der Waals surface area contributed by atoms with Crippen molar-refractivity contribution in [1.82, 2.24) is 0 Å². The monoisotopic (exact) mass is 853 g/mol. The van der Waals surface area contributed by atoms with E-state index in [1.807, 2.05) is 22.3 Å². The Morgan fingerprint density at radius 1 is 0.484 bits per heavy atom. The fourth-order valence-electron chi connectivity index (χ4n) is 18.9. The molecular weight excluding hydrogens is 753 g/mol. The minimum atomic E-state index is -0.130. The first kappa shape index (κ1) is 48.8. The normalized spacial score (nSPS) is 44.9. The fourth-order valence-corrected chi connectivity index (χ4v) is 18.9. The highest BCUT2D eigenvalue weighted by Gasteiger charge is 2.65. The molecule has 8 rings (SSSR count). The van der Waals surface area contributed by atoms with Crippen molar-refractivity contribution < 1.29 is 10.2 Å². The maximum absolute atomic E-state index is 10.8. The van der Waals surface area contributed by atoms with Gasteiger partial charge in [0.15, 0.2) is 0 Å². The first-order valence-electron chi connectivity index (χ1n) is 26.8. The third-order valence-electron chi connectivity index (χ3n) is 23.3. The molecule has 352 valence electrons. The Labute approximate surface area is 384 Å². The molecule has 0 spiro atoms. The number of aliphatic hydroxyl groups excluding tert-OH is 2. The molecule has 4 unspecified atom stereocenters. The highest BCUT2D eigenvalue weighted by atomic mass is 16.3. The van der Waals surface area contributed by atoms with Crippen LogP contribution in [0.1, 0.15) is 239 Å². The van der Waals surface area contributed by atoms with Gasteiger partial charge in [0, 0.05) is 0 Å². The van der Waals surface area contributed by atoms with E-state index in [1.54, 1.807) is 0 Å². The van der Waals surface area contributed by atoms with Gasteiger partial charge in [-0.25, -0.2) is 0 Å². The molecule has 0 aromatic rings. The molecule has 14 atom stereocenters. The van der Waals surface area contributed by atoms with Gasteiger partial charge >= 0.3 is 0 Å². The first-order chi connectivity index (χ1) is 28.8. The standard InChI is InChI=1S/2C30H50O/c2*1-20(2)10-9-11-21(3)22-14-18-30(8)24-12-13-25-27(4,5)26(31)16-17-28(25,6)23(24)15-19-29(22,30)7/h2*10,21-22,25-26,31H,9,11-19H2,1-8H3/t2*21-,22?,25?,26+,28-,29-,30+/m11/s1. The lowest BCUT2D eigenvalue weighted by Crippen LogP contribution is -2.55. The van der Waals surface area contributed by atoms with Gasteiger partial charge in [0.25, 0.3) is 0 Å². The Bertz CT molecular complexity index is 1660. The molecule has 0 radical (unpaired) electrons. The predicted molar refractivity (Wildman–Crippen MR) is 266 cm³/mol. The Morgan fingerprint density at radius 2 is 0.839 bits per heavy atom. The zero-order valence-corrected chi connectivity index (χ0v) is 43.8. The Morgan fingerprint density at radius 3 is 1.18 bits per heavy atom. The number of hydrogen-bond acceptors (Lipinski definition) is 2. The summed E-state index contributed by atoms with van der Waals surface area (Å²) in [6, 6.07) is 0. The van der Waals surface area contributed by atoms with E-state index >= 15 is 0 Å². The van der Waals surface area contributed by atoms with Gasteiger partial charge in [-0.3, -0.25) is 0 Å². The fraction of sp³-hybridized carbons (Fsp3) is 0.867. The second-order valence-electron chi connectivity index (χ2n) is 27.1. The highest BCUT2D eigenvalue weighted by molar-refractivity contribution is 5.40. The smallest absolute Gasteiger partial charge is 0.0594 e. The maximum Gasteiger partial charge on any atom is 0.0594 e. The van der Waals surface area contributed by atoms with Gasteiger partial charge in [0.05, 0.1) is 12.2 Å². The van der Waals surface area contributed by atoms with Crippen LogP contribution in [-0.2, 0) is 0 Å². The molecule has 4 saturated carbocycles. The van der Waals surface area contributed by atoms with E-state index in [9.17, 15) is 10.2 Å². The van der Waals surface area contributed by atoms with Gasteiger partial charge in [-0.15, -0.1) is 0 Å². The Hall–Kier alpha value is -1.12. The summed E-state index contributed by atoms with van der Waals surface area (Å²) in [6.07, 6.45) is 30.3. The molecule has 0 heterocycles. The van der Waals surface area contributed by atoms with E-state index in [0.717, 1.165) is 36.5 Å². The van der Waals surface area contributed by atoms with Crippen LogP contribution in [0.15, 0.2) is 45.6 Å². The van der Waals surface area contributed by atoms with Crippen LogP contribution in [0.25, 0.3) is 0 Å². The minimum Gasteiger partial charge on any atom is -0.393 e. The molecule has 2 heteroatoms. The van der Waals surface area contributed by atoms with Gasteiger partial charge in [-0.05, 0) is 235 Å². The molecule has 0 aromatic heterocycles. The van der Waals surface area contributed by atoms with Crippen LogP contribution in [0.4, 0.5) is 0 Å². The lowest BCUT2D eigenvalue weighted by Gasteiger charge is -2.62. The summed E-state index contributed by atoms with van der Waals surface area (Å²) in [4.78, 5) is 0. The van der Waals surface area contributed by atoms with Crippen molar-refractivity contribution in [2.45, 2.75) is 251 Å². The average Bonchev–Trinajstić information content (AvgIpc) is 3.64. The second kappa shape index (κ2) is 16.9. The molecule has 8 aliphatic rings. The van der Waals surface area contributed by atoms with Crippen LogP contribution in [0.3, 0.4) is 0 Å². The van der Waals surface area contributed by atoms with Crippen LogP contribution < -0.4 is 0 Å². The summed E-state index contributed by atoms with van der Waals surface area (Å²) in [5, 5.41) is 21.6. The van der Waals surface area contributed by atoms with E-state index < -0.39 is 0 Å². The third-order valence-corrected chi connectivity index (χ3v) is 23.3. The highest BCUT2D eigenvalue weighted by Crippen LogP contribution is 2.74. The number of rotatable bonds is 8. The number of aliphatic hydroxyl groups is 2. The van der Waals surface area contributed by atoms with E-state index in [2.05, 4.69) is 123 Å². The van der Waals surface area contributed by atoms with Crippen LogP contribution in [0, 0.1) is 78.8 Å². The Kier molecular flexibility index (Phi) is 13.3. The molecular formula is C60H100O2. The Balaban J connectivity index is 0.000000186. The van der Waals surface area contributed by atoms with Crippen molar-refractivity contribution >= 4 is 0 Å². The van der Waals surface area contributed by atoms with Crippen LogP contribution in [-0.4, -0.2) is 22.4 Å². The largest absolute Gasteiger partial charge is 0.393 e. The third kappa shape index (κ3) is 7.44. The van der Waals surface area contributed by atoms with E-state index in [0.29, 0.717) is 44.3 Å². The van der Waals surface area contributed by atoms with E-state index in [1.165, 1.54) is 127 Å². The van der Waals surface area contributed by atoms with Gasteiger partial charge in [-0.2, -0.15) is 0 Å². The van der Waals surface area contributed by atoms with Crippen molar-refractivity contribution in [3.05, 3.63) is 45.6 Å². The van der Waals surface area contributed by atoms with Crippen molar-refractivity contribution in [3.8, 4) is 0 Å². The summed E-state index contributed by atoms with van der Waals surface area (Å²) in [6.45, 7) is 39.3. The van der Waals surface area contributed by atoms with Gasteiger partial charge in [0.1, 0.15) is 0 Å². The summed E-state index contributed by atoms with van der Waals surface area (Å²) < 4.78 is 0. The van der Waals surface area contributed by atoms with Crippen LogP contribution >= 0.6 is 0 Å². The molecule has 2 N–H and O–H groups in total. The topological polar surface area (TPSA) is 40.5 Å². The number of allylic oxidation sites excluding steroid dienone is 8. The lowest BCUT2D eigenvalue weighted by molar-refractivity contribution is -0.0962. The number of fused-ring (bicyclic) bond motifs is 8. The van der Waals surface area contributed by atoms with Gasteiger partial charge in [0.2, 0.25) is 0 Å². The molecule has 0 aromatic carbocycles. The molecule has 8 aliphatic carbocycles. The average molecular weight is 853 g/mol. The van der Waals surface area contributed by atoms with E-state index in [-0.39, 0.29) is 23.0 Å². The van der Waals surface area contributed by atoms with Crippen molar-refractivity contribution in [3.63, 3.8) is 0 Å². The SMILES string of the molecule is CC(C)=CCC[C@@H](C)C1CC[C@@]2(C)C3=C(CC[C@]12C)[C@@]1(C)CC[C@H](O)C(C)(C)C1CC3.CC(C)=CCC[C@@H](C)C1CC[C@@]2(C)C3=C(CC[C@]12C)[C@@]1(C)CC[C@H](O)C(C)(C)C1CC3. The van der Waals surface area contributed by atoms with Gasteiger partial charge in [-0.1, -0.05) is 129 Å². The molecule has 0 amide bonds. The molecule has 2 nitrogen and oxygen atoms in total. The second-order valence-corrected chi connectivity index (χ2v) is 27.1. The summed E-state index contributed by atoms with van der Waals surface area (Å²) >= 11 is 0.